The number of aryl methyl sites for hydroxylation is 2. The molecule has 0 fully saturated rings. The van der Waals surface area contributed by atoms with E-state index in [1.54, 1.807) is 19.2 Å². The normalized spacial score (nSPS) is 11.7. The number of nitrogens with zero attached hydrogens (tertiary/aromatic N) is 1. The molecule has 0 saturated carbocycles. The Hall–Kier alpha value is -2.66. The predicted molar refractivity (Wildman–Crippen MR) is 95.6 cm³/mol. The second kappa shape index (κ2) is 7.75. The smallest absolute Gasteiger partial charge is 0.244 e. The molecular weight excluding hydrogens is 302 g/mol. The number of hydrogen-bond donors (Lipinski definition) is 2. The highest BCUT2D eigenvalue weighted by Gasteiger charge is 2.21. The Morgan fingerprint density at radius 2 is 1.62 bits per heavy atom. The van der Waals surface area contributed by atoms with Crippen LogP contribution in [0.4, 0.5) is 5.69 Å². The molecule has 0 aliphatic heterocycles. The van der Waals surface area contributed by atoms with Crippen molar-refractivity contribution in [2.24, 2.45) is 5.73 Å². The molecule has 0 bridgehead atoms. The SMILES string of the molecule is Cc1cccc(C)c1NC(=O)CN(C)C(=O)[C@@H](N)c1ccccc1. The number of carbonyl (C=O) groups excluding carboxylic acids is 2. The van der Waals surface area contributed by atoms with Gasteiger partial charge in [0.25, 0.3) is 0 Å². The van der Waals surface area contributed by atoms with Gasteiger partial charge >= 0.3 is 0 Å². The van der Waals surface area contributed by atoms with E-state index in [0.29, 0.717) is 0 Å². The van der Waals surface area contributed by atoms with Crippen LogP contribution in [0.3, 0.4) is 0 Å². The van der Waals surface area contributed by atoms with Crippen LogP contribution in [0.1, 0.15) is 22.7 Å². The standard InChI is InChI=1S/C19H23N3O2/c1-13-8-7-9-14(2)18(13)21-16(23)12-22(3)19(24)17(20)15-10-5-4-6-11-15/h4-11,17H,12,20H2,1-3H3,(H,21,23)/t17-/m0/s1. The number of hydrogen-bond acceptors (Lipinski definition) is 3. The third kappa shape index (κ3) is 4.20. The number of amides is 2. The van der Waals surface area contributed by atoms with Crippen LogP contribution in [0.5, 0.6) is 0 Å². The molecule has 0 spiro atoms. The molecule has 0 heterocycles. The molecular formula is C19H23N3O2. The van der Waals surface area contributed by atoms with E-state index in [2.05, 4.69) is 5.32 Å². The van der Waals surface area contributed by atoms with Crippen LogP contribution in [-0.2, 0) is 9.59 Å². The molecule has 24 heavy (non-hydrogen) atoms. The van der Waals surface area contributed by atoms with Crippen LogP contribution >= 0.6 is 0 Å². The average molecular weight is 325 g/mol. The van der Waals surface area contributed by atoms with Crippen LogP contribution in [0, 0.1) is 13.8 Å². The molecule has 2 rings (SSSR count). The fraction of sp³-hybridized carbons (Fsp3) is 0.263. The maximum Gasteiger partial charge on any atom is 0.244 e. The van der Waals surface area contributed by atoms with Gasteiger partial charge in [0.2, 0.25) is 11.8 Å². The fourth-order valence-electron chi connectivity index (χ4n) is 2.52. The fourth-order valence-corrected chi connectivity index (χ4v) is 2.52. The van der Waals surface area contributed by atoms with Gasteiger partial charge in [-0.2, -0.15) is 0 Å². The van der Waals surface area contributed by atoms with E-state index in [4.69, 9.17) is 5.73 Å². The molecule has 5 nitrogen and oxygen atoms in total. The summed E-state index contributed by atoms with van der Waals surface area (Å²) in [5.74, 6) is -0.540. The Balaban J connectivity index is 2.00. The number of benzene rings is 2. The first-order valence-electron chi connectivity index (χ1n) is 7.81. The quantitative estimate of drug-likeness (QED) is 0.886. The van der Waals surface area contributed by atoms with E-state index < -0.39 is 6.04 Å². The molecule has 2 aromatic rings. The predicted octanol–water partition coefficient (Wildman–Crippen LogP) is 2.40. The van der Waals surface area contributed by atoms with Crippen LogP contribution in [-0.4, -0.2) is 30.3 Å². The lowest BCUT2D eigenvalue weighted by Gasteiger charge is -2.21. The largest absolute Gasteiger partial charge is 0.335 e. The molecule has 1 atom stereocenters. The van der Waals surface area contributed by atoms with Crippen molar-refractivity contribution in [2.45, 2.75) is 19.9 Å². The zero-order chi connectivity index (χ0) is 17.7. The number of nitrogens with one attached hydrogen (secondary N) is 1. The summed E-state index contributed by atoms with van der Waals surface area (Å²) >= 11 is 0. The average Bonchev–Trinajstić information content (AvgIpc) is 2.57. The molecule has 0 radical (unpaired) electrons. The summed E-state index contributed by atoms with van der Waals surface area (Å²) in [6, 6.07) is 14.2. The zero-order valence-electron chi connectivity index (χ0n) is 14.2. The lowest BCUT2D eigenvalue weighted by atomic mass is 10.1. The highest BCUT2D eigenvalue weighted by Crippen LogP contribution is 2.19. The van der Waals surface area contributed by atoms with E-state index in [1.165, 1.54) is 4.90 Å². The van der Waals surface area contributed by atoms with Gasteiger partial charge in [-0.25, -0.2) is 0 Å². The summed E-state index contributed by atoms with van der Waals surface area (Å²) in [7, 11) is 1.58. The monoisotopic (exact) mass is 325 g/mol. The first-order chi connectivity index (χ1) is 11.4. The number of nitrogens with two attached hydrogens (primary N) is 1. The second-order valence-electron chi connectivity index (χ2n) is 5.90. The van der Waals surface area contributed by atoms with Gasteiger partial charge in [-0.1, -0.05) is 48.5 Å². The molecule has 0 aliphatic rings. The summed E-state index contributed by atoms with van der Waals surface area (Å²) < 4.78 is 0. The van der Waals surface area contributed by atoms with Gasteiger partial charge in [0, 0.05) is 12.7 Å². The van der Waals surface area contributed by atoms with Crippen molar-refractivity contribution in [3.8, 4) is 0 Å². The Morgan fingerprint density at radius 1 is 1.04 bits per heavy atom. The van der Waals surface area contributed by atoms with E-state index in [0.717, 1.165) is 22.4 Å². The Bertz CT molecular complexity index is 708. The van der Waals surface area contributed by atoms with Crippen molar-refractivity contribution in [3.63, 3.8) is 0 Å². The third-order valence-electron chi connectivity index (χ3n) is 3.93. The maximum absolute atomic E-state index is 12.4. The number of carbonyl (C=O) groups is 2. The summed E-state index contributed by atoms with van der Waals surface area (Å²) in [5.41, 5.74) is 9.48. The lowest BCUT2D eigenvalue weighted by Crippen LogP contribution is -2.40. The van der Waals surface area contributed by atoms with Crippen molar-refractivity contribution in [1.29, 1.82) is 0 Å². The highest BCUT2D eigenvalue weighted by molar-refractivity contribution is 5.96. The number of likely N-dealkylation sites (N-methyl/N-ethyl adjacent to an activating group) is 1. The molecule has 3 N–H and O–H groups in total. The van der Waals surface area contributed by atoms with Crippen LogP contribution in [0.2, 0.25) is 0 Å². The molecule has 2 amide bonds. The maximum atomic E-state index is 12.4. The highest BCUT2D eigenvalue weighted by atomic mass is 16.2. The van der Waals surface area contributed by atoms with E-state index in [1.807, 2.05) is 50.2 Å². The minimum Gasteiger partial charge on any atom is -0.335 e. The van der Waals surface area contributed by atoms with E-state index in [9.17, 15) is 9.59 Å². The number of rotatable bonds is 5. The van der Waals surface area contributed by atoms with Gasteiger partial charge in [0.1, 0.15) is 6.04 Å². The van der Waals surface area contributed by atoms with Crippen molar-refractivity contribution in [1.82, 2.24) is 4.90 Å². The van der Waals surface area contributed by atoms with Gasteiger partial charge in [0.05, 0.1) is 6.54 Å². The second-order valence-corrected chi connectivity index (χ2v) is 5.90. The van der Waals surface area contributed by atoms with Crippen LogP contribution in [0.25, 0.3) is 0 Å². The molecule has 0 aliphatic carbocycles. The minimum atomic E-state index is -0.774. The Kier molecular flexibility index (Phi) is 5.71. The summed E-state index contributed by atoms with van der Waals surface area (Å²) in [6.07, 6.45) is 0. The summed E-state index contributed by atoms with van der Waals surface area (Å²) in [5, 5.41) is 2.87. The van der Waals surface area contributed by atoms with Crippen molar-refractivity contribution in [3.05, 3.63) is 65.2 Å². The van der Waals surface area contributed by atoms with Crippen molar-refractivity contribution in [2.75, 3.05) is 18.9 Å². The van der Waals surface area contributed by atoms with Crippen LogP contribution in [0.15, 0.2) is 48.5 Å². The van der Waals surface area contributed by atoms with Gasteiger partial charge in [-0.05, 0) is 30.5 Å². The lowest BCUT2D eigenvalue weighted by molar-refractivity contribution is -0.134. The van der Waals surface area contributed by atoms with Gasteiger partial charge in [0.15, 0.2) is 0 Å². The molecule has 0 unspecified atom stereocenters. The molecule has 2 aromatic carbocycles. The van der Waals surface area contributed by atoms with Gasteiger partial charge < -0.3 is 16.0 Å². The molecule has 0 aromatic heterocycles. The molecule has 5 heteroatoms. The summed E-state index contributed by atoms with van der Waals surface area (Å²) in [4.78, 5) is 26.0. The first kappa shape index (κ1) is 17.7. The third-order valence-corrected chi connectivity index (χ3v) is 3.93. The zero-order valence-corrected chi connectivity index (χ0v) is 14.2. The minimum absolute atomic E-state index is 0.0485. The van der Waals surface area contributed by atoms with Crippen molar-refractivity contribution >= 4 is 17.5 Å². The van der Waals surface area contributed by atoms with Gasteiger partial charge in [-0.15, -0.1) is 0 Å². The Labute approximate surface area is 142 Å². The van der Waals surface area contributed by atoms with Gasteiger partial charge in [-0.3, -0.25) is 9.59 Å². The first-order valence-corrected chi connectivity index (χ1v) is 7.81. The number of anilines is 1. The number of para-hydroxylation sites is 1. The van der Waals surface area contributed by atoms with Crippen LogP contribution < -0.4 is 11.1 Å². The Morgan fingerprint density at radius 3 is 2.21 bits per heavy atom. The van der Waals surface area contributed by atoms with Crippen molar-refractivity contribution < 1.29 is 9.59 Å². The van der Waals surface area contributed by atoms with E-state index >= 15 is 0 Å². The topological polar surface area (TPSA) is 75.4 Å². The molecule has 0 saturated heterocycles. The van der Waals surface area contributed by atoms with E-state index in [-0.39, 0.29) is 18.4 Å². The summed E-state index contributed by atoms with van der Waals surface area (Å²) in [6.45, 7) is 3.82. The molecule has 126 valence electrons.